The summed E-state index contributed by atoms with van der Waals surface area (Å²) in [7, 11) is 0. The van der Waals surface area contributed by atoms with E-state index in [1.807, 2.05) is 0 Å². The van der Waals surface area contributed by atoms with Crippen LogP contribution in [0.15, 0.2) is 30.9 Å². The molecule has 0 atom stereocenters. The van der Waals surface area contributed by atoms with Gasteiger partial charge >= 0.3 is 0 Å². The first-order valence-electron chi connectivity index (χ1n) is 3.86. The van der Waals surface area contributed by atoms with Crippen molar-refractivity contribution in [3.63, 3.8) is 0 Å². The minimum Gasteiger partial charge on any atom is -0.508 e. The molecule has 0 amide bonds. The predicted octanol–water partition coefficient (Wildman–Crippen LogP) is 2.22. The topological polar surface area (TPSA) is 40.5 Å². The molecule has 2 heteroatoms. The summed E-state index contributed by atoms with van der Waals surface area (Å²) in [4.78, 5) is 0. The zero-order valence-corrected chi connectivity index (χ0v) is 6.83. The van der Waals surface area contributed by atoms with Crippen LogP contribution in [-0.2, 0) is 6.42 Å². The van der Waals surface area contributed by atoms with Crippen LogP contribution in [-0.4, -0.2) is 10.2 Å². The van der Waals surface area contributed by atoms with Gasteiger partial charge in [0.05, 0.1) is 0 Å². The van der Waals surface area contributed by atoms with Crippen LogP contribution in [0.3, 0.4) is 0 Å². The van der Waals surface area contributed by atoms with Crippen LogP contribution < -0.4 is 0 Å². The van der Waals surface area contributed by atoms with Gasteiger partial charge in [-0.25, -0.2) is 0 Å². The molecular weight excluding hydrogens is 152 g/mol. The smallest absolute Gasteiger partial charge is 0.122 e. The maximum atomic E-state index is 9.32. The molecule has 1 aromatic carbocycles. The average molecular weight is 164 g/mol. The summed E-state index contributed by atoms with van der Waals surface area (Å²) in [5.41, 5.74) is 0.595. The fourth-order valence-electron chi connectivity index (χ4n) is 1.07. The van der Waals surface area contributed by atoms with Gasteiger partial charge in [0.25, 0.3) is 0 Å². The van der Waals surface area contributed by atoms with Crippen molar-refractivity contribution in [2.75, 3.05) is 0 Å². The highest BCUT2D eigenvalue weighted by Crippen LogP contribution is 2.27. The molecule has 0 fully saturated rings. The number of hydrogen-bond donors (Lipinski definition) is 2. The van der Waals surface area contributed by atoms with Crippen LogP contribution in [0.1, 0.15) is 12.0 Å². The van der Waals surface area contributed by atoms with Crippen LogP contribution in [0.25, 0.3) is 0 Å². The van der Waals surface area contributed by atoms with E-state index in [0.717, 1.165) is 6.42 Å². The van der Waals surface area contributed by atoms with Crippen LogP contribution in [0.4, 0.5) is 0 Å². The third kappa shape index (κ3) is 1.78. The number of phenols is 2. The summed E-state index contributed by atoms with van der Waals surface area (Å²) in [6.07, 6.45) is 3.14. The van der Waals surface area contributed by atoms with Gasteiger partial charge in [-0.3, -0.25) is 0 Å². The molecule has 0 saturated carbocycles. The number of rotatable bonds is 3. The molecule has 0 bridgehead atoms. The van der Waals surface area contributed by atoms with Gasteiger partial charge in [-0.2, -0.15) is 0 Å². The Hall–Kier alpha value is -1.44. The van der Waals surface area contributed by atoms with E-state index in [2.05, 4.69) is 6.58 Å². The summed E-state index contributed by atoms with van der Waals surface area (Å²) in [5, 5.41) is 18.6. The van der Waals surface area contributed by atoms with Crippen molar-refractivity contribution in [3.05, 3.63) is 36.4 Å². The highest BCUT2D eigenvalue weighted by atomic mass is 16.3. The van der Waals surface area contributed by atoms with E-state index in [0.29, 0.717) is 12.0 Å². The molecule has 0 aromatic heterocycles. The Labute approximate surface area is 71.8 Å². The molecule has 0 spiro atoms. The molecule has 0 aliphatic rings. The fraction of sp³-hybridized carbons (Fsp3) is 0.200. The van der Waals surface area contributed by atoms with Crippen LogP contribution >= 0.6 is 0 Å². The third-order valence-electron chi connectivity index (χ3n) is 1.73. The summed E-state index contributed by atoms with van der Waals surface area (Å²) >= 11 is 0. The lowest BCUT2D eigenvalue weighted by atomic mass is 10.1. The van der Waals surface area contributed by atoms with E-state index >= 15 is 0 Å². The van der Waals surface area contributed by atoms with Crippen molar-refractivity contribution in [2.24, 2.45) is 0 Å². The molecule has 2 N–H and O–H groups in total. The van der Waals surface area contributed by atoms with Crippen LogP contribution in [0, 0.1) is 0 Å². The molecule has 1 aromatic rings. The van der Waals surface area contributed by atoms with E-state index in [1.54, 1.807) is 24.3 Å². The largest absolute Gasteiger partial charge is 0.508 e. The molecule has 0 radical (unpaired) electrons. The lowest BCUT2D eigenvalue weighted by molar-refractivity contribution is 0.438. The van der Waals surface area contributed by atoms with Crippen molar-refractivity contribution >= 4 is 0 Å². The molecule has 64 valence electrons. The Balaban J connectivity index is 2.88. The van der Waals surface area contributed by atoms with Crippen molar-refractivity contribution in [2.45, 2.75) is 12.8 Å². The number of allylic oxidation sites excluding steroid dienone is 1. The molecule has 0 aliphatic heterocycles. The second-order valence-electron chi connectivity index (χ2n) is 2.60. The first kappa shape index (κ1) is 8.65. The standard InChI is InChI=1S/C10H12O2/c1-2-3-5-8-9(11)6-4-7-10(8)12/h2,4,6-7,11-12H,1,3,5H2. The second kappa shape index (κ2) is 3.81. The van der Waals surface area contributed by atoms with Gasteiger partial charge in [0.15, 0.2) is 0 Å². The normalized spacial score (nSPS) is 9.67. The van der Waals surface area contributed by atoms with E-state index in [-0.39, 0.29) is 11.5 Å². The van der Waals surface area contributed by atoms with E-state index in [9.17, 15) is 10.2 Å². The first-order valence-corrected chi connectivity index (χ1v) is 3.86. The van der Waals surface area contributed by atoms with Gasteiger partial charge in [-0.15, -0.1) is 6.58 Å². The Bertz CT molecular complexity index is 259. The quantitative estimate of drug-likeness (QED) is 0.672. The van der Waals surface area contributed by atoms with E-state index in [4.69, 9.17) is 0 Å². The molecule has 0 aliphatic carbocycles. The van der Waals surface area contributed by atoms with Crippen LogP contribution in [0.2, 0.25) is 0 Å². The maximum absolute atomic E-state index is 9.32. The van der Waals surface area contributed by atoms with Crippen LogP contribution in [0.5, 0.6) is 11.5 Å². The Morgan fingerprint density at radius 1 is 1.25 bits per heavy atom. The van der Waals surface area contributed by atoms with Gasteiger partial charge < -0.3 is 10.2 Å². The van der Waals surface area contributed by atoms with Gasteiger partial charge in [0, 0.05) is 5.56 Å². The number of hydrogen-bond acceptors (Lipinski definition) is 2. The lowest BCUT2D eigenvalue weighted by Crippen LogP contribution is -1.85. The third-order valence-corrected chi connectivity index (χ3v) is 1.73. The SMILES string of the molecule is C=CCCc1c(O)cccc1O. The monoisotopic (exact) mass is 164 g/mol. The molecule has 1 rings (SSSR count). The molecule has 0 unspecified atom stereocenters. The van der Waals surface area contributed by atoms with Crippen molar-refractivity contribution in [1.29, 1.82) is 0 Å². The fourth-order valence-corrected chi connectivity index (χ4v) is 1.07. The minimum atomic E-state index is 0.150. The number of aromatic hydroxyl groups is 2. The molecule has 12 heavy (non-hydrogen) atoms. The molecule has 0 heterocycles. The maximum Gasteiger partial charge on any atom is 0.122 e. The zero-order valence-electron chi connectivity index (χ0n) is 6.83. The van der Waals surface area contributed by atoms with Gasteiger partial charge in [-0.05, 0) is 25.0 Å². The summed E-state index contributed by atoms with van der Waals surface area (Å²) in [6, 6.07) is 4.75. The highest BCUT2D eigenvalue weighted by molar-refractivity contribution is 5.43. The average Bonchev–Trinajstić information content (AvgIpc) is 2.04. The number of benzene rings is 1. The highest BCUT2D eigenvalue weighted by Gasteiger charge is 2.04. The van der Waals surface area contributed by atoms with Gasteiger partial charge in [-0.1, -0.05) is 12.1 Å². The Kier molecular flexibility index (Phi) is 2.75. The van der Waals surface area contributed by atoms with Crippen molar-refractivity contribution < 1.29 is 10.2 Å². The first-order chi connectivity index (χ1) is 5.75. The number of phenolic OH excluding ortho intramolecular Hbond substituents is 2. The van der Waals surface area contributed by atoms with Crippen molar-refractivity contribution in [1.82, 2.24) is 0 Å². The molecule has 0 saturated heterocycles. The molecular formula is C10H12O2. The second-order valence-corrected chi connectivity index (χ2v) is 2.60. The van der Waals surface area contributed by atoms with Gasteiger partial charge in [0.1, 0.15) is 11.5 Å². The van der Waals surface area contributed by atoms with Crippen molar-refractivity contribution in [3.8, 4) is 11.5 Å². The molecule has 2 nitrogen and oxygen atoms in total. The predicted molar refractivity (Wildman–Crippen MR) is 48.3 cm³/mol. The lowest BCUT2D eigenvalue weighted by Gasteiger charge is -2.04. The Morgan fingerprint density at radius 3 is 2.33 bits per heavy atom. The van der Waals surface area contributed by atoms with E-state index in [1.165, 1.54) is 0 Å². The minimum absolute atomic E-state index is 0.150. The van der Waals surface area contributed by atoms with E-state index < -0.39 is 0 Å². The summed E-state index contributed by atoms with van der Waals surface area (Å²) < 4.78 is 0. The van der Waals surface area contributed by atoms with Gasteiger partial charge in [0.2, 0.25) is 0 Å². The zero-order chi connectivity index (χ0) is 8.97. The summed E-state index contributed by atoms with van der Waals surface area (Å²) in [5.74, 6) is 0.300. The summed E-state index contributed by atoms with van der Waals surface area (Å²) in [6.45, 7) is 3.57. The Morgan fingerprint density at radius 2 is 1.83 bits per heavy atom.